The number of nitrogens with zero attached hydrogens (tertiary/aromatic N) is 2. The predicted octanol–water partition coefficient (Wildman–Crippen LogP) is 0.595. The van der Waals surface area contributed by atoms with Crippen LogP contribution in [0.2, 0.25) is 0 Å². The SMILES string of the molecule is Cc1cc(C(=O)N2CC(CO)OC(C)(C)C2)no1. The van der Waals surface area contributed by atoms with Crippen LogP contribution in [-0.2, 0) is 4.74 Å². The Bertz CT molecular complexity index is 441. The van der Waals surface area contributed by atoms with Crippen LogP contribution in [-0.4, -0.2) is 52.5 Å². The van der Waals surface area contributed by atoms with Gasteiger partial charge in [-0.15, -0.1) is 0 Å². The lowest BCUT2D eigenvalue weighted by atomic mass is 10.0. The van der Waals surface area contributed by atoms with Gasteiger partial charge in [0, 0.05) is 19.2 Å². The predicted molar refractivity (Wildman–Crippen MR) is 63.2 cm³/mol. The molecule has 1 aromatic heterocycles. The second-order valence-corrected chi connectivity index (χ2v) is 5.19. The van der Waals surface area contributed by atoms with Crippen molar-refractivity contribution < 1.29 is 19.2 Å². The lowest BCUT2D eigenvalue weighted by molar-refractivity contribution is -0.139. The van der Waals surface area contributed by atoms with E-state index in [1.54, 1.807) is 17.9 Å². The molecule has 2 rings (SSSR count). The van der Waals surface area contributed by atoms with Crippen molar-refractivity contribution in [3.05, 3.63) is 17.5 Å². The Hall–Kier alpha value is -1.40. The molecule has 0 radical (unpaired) electrons. The molecule has 0 aromatic carbocycles. The molecule has 1 fully saturated rings. The van der Waals surface area contributed by atoms with Crippen molar-refractivity contribution in [2.24, 2.45) is 0 Å². The fourth-order valence-corrected chi connectivity index (χ4v) is 2.17. The number of carbonyl (C=O) groups is 1. The van der Waals surface area contributed by atoms with Crippen molar-refractivity contribution in [2.45, 2.75) is 32.5 Å². The van der Waals surface area contributed by atoms with Gasteiger partial charge >= 0.3 is 0 Å². The van der Waals surface area contributed by atoms with Crippen molar-refractivity contribution in [2.75, 3.05) is 19.7 Å². The van der Waals surface area contributed by atoms with Crippen molar-refractivity contribution >= 4 is 5.91 Å². The van der Waals surface area contributed by atoms with E-state index in [2.05, 4.69) is 5.16 Å². The van der Waals surface area contributed by atoms with E-state index >= 15 is 0 Å². The summed E-state index contributed by atoms with van der Waals surface area (Å²) in [6, 6.07) is 1.61. The highest BCUT2D eigenvalue weighted by Gasteiger charge is 2.36. The van der Waals surface area contributed by atoms with Gasteiger partial charge < -0.3 is 19.3 Å². The van der Waals surface area contributed by atoms with Crippen LogP contribution < -0.4 is 0 Å². The molecule has 0 spiro atoms. The van der Waals surface area contributed by atoms with Gasteiger partial charge in [0.25, 0.3) is 5.91 Å². The van der Waals surface area contributed by atoms with Gasteiger partial charge in [-0.2, -0.15) is 0 Å². The summed E-state index contributed by atoms with van der Waals surface area (Å²) in [7, 11) is 0. The van der Waals surface area contributed by atoms with E-state index in [0.717, 1.165) is 0 Å². The summed E-state index contributed by atoms with van der Waals surface area (Å²) in [5.74, 6) is 0.409. The van der Waals surface area contributed by atoms with Gasteiger partial charge in [0.15, 0.2) is 5.69 Å². The third kappa shape index (κ3) is 2.70. The molecule has 6 heteroatoms. The molecule has 0 bridgehead atoms. The van der Waals surface area contributed by atoms with E-state index in [1.807, 2.05) is 13.8 Å². The summed E-state index contributed by atoms with van der Waals surface area (Å²) < 4.78 is 10.6. The normalized spacial score (nSPS) is 23.1. The first kappa shape index (κ1) is 13.0. The number of rotatable bonds is 2. The van der Waals surface area contributed by atoms with E-state index in [4.69, 9.17) is 9.26 Å². The van der Waals surface area contributed by atoms with E-state index < -0.39 is 5.60 Å². The Kier molecular flexibility index (Phi) is 3.41. The largest absolute Gasteiger partial charge is 0.394 e. The molecule has 1 aliphatic rings. The molecule has 1 unspecified atom stereocenters. The second-order valence-electron chi connectivity index (χ2n) is 5.19. The minimum Gasteiger partial charge on any atom is -0.394 e. The lowest BCUT2D eigenvalue weighted by Gasteiger charge is -2.41. The number of hydrogen-bond acceptors (Lipinski definition) is 5. The Morgan fingerprint density at radius 3 is 2.94 bits per heavy atom. The third-order valence-corrected chi connectivity index (χ3v) is 2.82. The summed E-state index contributed by atoms with van der Waals surface area (Å²) in [6.45, 7) is 6.25. The van der Waals surface area contributed by atoms with Gasteiger partial charge in [-0.25, -0.2) is 0 Å². The van der Waals surface area contributed by atoms with Gasteiger partial charge in [-0.1, -0.05) is 5.16 Å². The number of aromatic nitrogens is 1. The fourth-order valence-electron chi connectivity index (χ4n) is 2.17. The lowest BCUT2D eigenvalue weighted by Crippen LogP contribution is -2.55. The maximum atomic E-state index is 12.2. The summed E-state index contributed by atoms with van der Waals surface area (Å²) >= 11 is 0. The zero-order valence-corrected chi connectivity index (χ0v) is 10.8. The van der Waals surface area contributed by atoms with Gasteiger partial charge in [0.05, 0.1) is 18.3 Å². The van der Waals surface area contributed by atoms with Gasteiger partial charge in [0.2, 0.25) is 0 Å². The standard InChI is InChI=1S/C12H18N2O4/c1-8-4-10(13-18-8)11(16)14-5-9(6-15)17-12(2,3)7-14/h4,9,15H,5-7H2,1-3H3. The second kappa shape index (κ2) is 4.70. The topological polar surface area (TPSA) is 75.8 Å². The zero-order chi connectivity index (χ0) is 13.3. The molecule has 100 valence electrons. The maximum absolute atomic E-state index is 12.2. The van der Waals surface area contributed by atoms with Gasteiger partial charge in [0.1, 0.15) is 5.76 Å². The average Bonchev–Trinajstić information content (AvgIpc) is 2.72. The molecule has 1 amide bonds. The summed E-state index contributed by atoms with van der Waals surface area (Å²) in [4.78, 5) is 13.9. The molecule has 1 aliphatic heterocycles. The Labute approximate surface area is 106 Å². The van der Waals surface area contributed by atoms with Crippen LogP contribution in [0.5, 0.6) is 0 Å². The monoisotopic (exact) mass is 254 g/mol. The summed E-state index contributed by atoms with van der Waals surface area (Å²) in [5, 5.41) is 12.9. The van der Waals surface area contributed by atoms with Gasteiger partial charge in [-0.3, -0.25) is 4.79 Å². The molecule has 1 saturated heterocycles. The third-order valence-electron chi connectivity index (χ3n) is 2.82. The fraction of sp³-hybridized carbons (Fsp3) is 0.667. The Morgan fingerprint density at radius 1 is 1.67 bits per heavy atom. The number of aliphatic hydroxyl groups is 1. The van der Waals surface area contributed by atoms with Crippen LogP contribution >= 0.6 is 0 Å². The highest BCUT2D eigenvalue weighted by atomic mass is 16.5. The molecule has 1 atom stereocenters. The van der Waals surface area contributed by atoms with Crippen LogP contribution in [0.3, 0.4) is 0 Å². The Morgan fingerprint density at radius 2 is 2.39 bits per heavy atom. The van der Waals surface area contributed by atoms with Crippen LogP contribution in [0.15, 0.2) is 10.6 Å². The van der Waals surface area contributed by atoms with Crippen LogP contribution in [0.4, 0.5) is 0 Å². The molecule has 0 aliphatic carbocycles. The Balaban J connectivity index is 2.14. The van der Waals surface area contributed by atoms with Crippen molar-refractivity contribution in [3.63, 3.8) is 0 Å². The summed E-state index contributed by atoms with van der Waals surface area (Å²) in [5.41, 5.74) is -0.179. The van der Waals surface area contributed by atoms with Gasteiger partial charge in [-0.05, 0) is 20.8 Å². The number of morpholine rings is 1. The minimum atomic E-state index is -0.472. The van der Waals surface area contributed by atoms with E-state index in [9.17, 15) is 9.90 Å². The zero-order valence-electron chi connectivity index (χ0n) is 10.8. The van der Waals surface area contributed by atoms with E-state index in [1.165, 1.54) is 0 Å². The van der Waals surface area contributed by atoms with E-state index in [0.29, 0.717) is 24.5 Å². The average molecular weight is 254 g/mol. The maximum Gasteiger partial charge on any atom is 0.276 e. The smallest absolute Gasteiger partial charge is 0.276 e. The van der Waals surface area contributed by atoms with Crippen LogP contribution in [0.1, 0.15) is 30.1 Å². The van der Waals surface area contributed by atoms with Crippen molar-refractivity contribution in [1.29, 1.82) is 0 Å². The first-order valence-corrected chi connectivity index (χ1v) is 5.92. The molecule has 2 heterocycles. The molecular weight excluding hydrogens is 236 g/mol. The molecular formula is C12H18N2O4. The van der Waals surface area contributed by atoms with Crippen LogP contribution in [0.25, 0.3) is 0 Å². The van der Waals surface area contributed by atoms with E-state index in [-0.39, 0.29) is 18.6 Å². The first-order valence-electron chi connectivity index (χ1n) is 5.92. The number of ether oxygens (including phenoxy) is 1. The molecule has 1 N–H and O–H groups in total. The number of aryl methyl sites for hydroxylation is 1. The van der Waals surface area contributed by atoms with Crippen molar-refractivity contribution in [1.82, 2.24) is 10.1 Å². The highest BCUT2D eigenvalue weighted by Crippen LogP contribution is 2.22. The number of amides is 1. The van der Waals surface area contributed by atoms with Crippen molar-refractivity contribution in [3.8, 4) is 0 Å². The molecule has 6 nitrogen and oxygen atoms in total. The molecule has 0 saturated carbocycles. The summed E-state index contributed by atoms with van der Waals surface area (Å²) in [6.07, 6.45) is -0.356. The minimum absolute atomic E-state index is 0.106. The molecule has 1 aromatic rings. The number of aliphatic hydroxyl groups excluding tert-OH is 1. The quantitative estimate of drug-likeness (QED) is 0.836. The number of carbonyl (C=O) groups excluding carboxylic acids is 1. The van der Waals surface area contributed by atoms with Crippen LogP contribution in [0, 0.1) is 6.92 Å². The first-order chi connectivity index (χ1) is 8.41. The number of hydrogen-bond donors (Lipinski definition) is 1. The highest BCUT2D eigenvalue weighted by molar-refractivity contribution is 5.92. The molecule has 18 heavy (non-hydrogen) atoms.